The van der Waals surface area contributed by atoms with Crippen LogP contribution in [0.1, 0.15) is 43.4 Å². The Bertz CT molecular complexity index is 818. The molecular weight excluding hydrogens is 386 g/mol. The minimum atomic E-state index is -0.0130. The number of likely N-dealkylation sites (tertiary alicyclic amines) is 1. The lowest BCUT2D eigenvalue weighted by Gasteiger charge is -2.29. The number of carbonyl (C=O) groups is 1. The Morgan fingerprint density at radius 2 is 1.81 bits per heavy atom. The molecule has 5 nitrogen and oxygen atoms in total. The van der Waals surface area contributed by atoms with Crippen molar-refractivity contribution in [2.75, 3.05) is 26.7 Å². The number of nitrogens with one attached hydrogen (secondary N) is 1. The Hall–Kier alpha value is -2.53. The van der Waals surface area contributed by atoms with Crippen LogP contribution in [0.3, 0.4) is 0 Å². The molecule has 1 atom stereocenters. The van der Waals surface area contributed by atoms with Gasteiger partial charge in [-0.2, -0.15) is 0 Å². The average molecular weight is 424 g/mol. The van der Waals surface area contributed by atoms with Gasteiger partial charge >= 0.3 is 6.03 Å². The summed E-state index contributed by atoms with van der Waals surface area (Å²) >= 11 is 0. The summed E-state index contributed by atoms with van der Waals surface area (Å²) in [4.78, 5) is 17.4. The van der Waals surface area contributed by atoms with Gasteiger partial charge < -0.3 is 19.9 Å². The first-order valence-corrected chi connectivity index (χ1v) is 11.4. The summed E-state index contributed by atoms with van der Waals surface area (Å²) in [6.07, 6.45) is 2.35. The zero-order valence-corrected chi connectivity index (χ0v) is 19.4. The molecule has 1 heterocycles. The molecule has 1 saturated heterocycles. The maximum atomic E-state index is 13.1. The van der Waals surface area contributed by atoms with Crippen molar-refractivity contribution in [3.8, 4) is 5.75 Å². The third-order valence-corrected chi connectivity index (χ3v) is 5.83. The quantitative estimate of drug-likeness (QED) is 0.628. The smallest absolute Gasteiger partial charge is 0.318 e. The molecule has 1 N–H and O–H groups in total. The lowest BCUT2D eigenvalue weighted by molar-refractivity contribution is 0.172. The van der Waals surface area contributed by atoms with Crippen LogP contribution in [-0.4, -0.2) is 48.6 Å². The number of likely N-dealkylation sites (N-methyl/N-ethyl adjacent to an activating group) is 1. The fourth-order valence-corrected chi connectivity index (χ4v) is 3.85. The van der Waals surface area contributed by atoms with Crippen molar-refractivity contribution in [2.45, 2.75) is 52.7 Å². The standard InChI is InChI=1S/C26H37N3O2/c1-20(2)19-31-25-13-11-22(12-14-25)16-27-26(30)29(18-24-6-5-15-28(24)4)17-23-9-7-21(3)8-10-23/h7-14,20,24H,5-6,15-19H2,1-4H3,(H,27,30)/t24-/m1/s1. The Labute approximate surface area is 187 Å². The van der Waals surface area contributed by atoms with Crippen molar-refractivity contribution in [3.63, 3.8) is 0 Å². The van der Waals surface area contributed by atoms with E-state index in [-0.39, 0.29) is 6.03 Å². The van der Waals surface area contributed by atoms with Crippen LogP contribution in [0.25, 0.3) is 0 Å². The molecule has 0 aromatic heterocycles. The monoisotopic (exact) mass is 423 g/mol. The van der Waals surface area contributed by atoms with Crippen LogP contribution in [0.5, 0.6) is 5.75 Å². The second-order valence-electron chi connectivity index (χ2n) is 9.15. The Balaban J connectivity index is 1.59. The van der Waals surface area contributed by atoms with Crippen LogP contribution in [0.2, 0.25) is 0 Å². The highest BCUT2D eigenvalue weighted by atomic mass is 16.5. The number of aryl methyl sites for hydroxylation is 1. The summed E-state index contributed by atoms with van der Waals surface area (Å²) in [6, 6.07) is 16.8. The number of hydrogen-bond donors (Lipinski definition) is 1. The predicted octanol–water partition coefficient (Wildman–Crippen LogP) is 4.84. The van der Waals surface area contributed by atoms with Crippen LogP contribution < -0.4 is 10.1 Å². The zero-order valence-electron chi connectivity index (χ0n) is 19.4. The van der Waals surface area contributed by atoms with Gasteiger partial charge in [0.25, 0.3) is 0 Å². The molecule has 1 aliphatic heterocycles. The van der Waals surface area contributed by atoms with Crippen molar-refractivity contribution in [3.05, 3.63) is 65.2 Å². The van der Waals surface area contributed by atoms with Gasteiger partial charge in [-0.25, -0.2) is 4.79 Å². The molecule has 0 bridgehead atoms. The Morgan fingerprint density at radius 1 is 1.13 bits per heavy atom. The summed E-state index contributed by atoms with van der Waals surface area (Å²) in [5.74, 6) is 1.37. The predicted molar refractivity (Wildman–Crippen MR) is 126 cm³/mol. The molecule has 0 spiro atoms. The number of urea groups is 1. The minimum Gasteiger partial charge on any atom is -0.493 e. The van der Waals surface area contributed by atoms with Crippen LogP contribution in [0, 0.1) is 12.8 Å². The lowest BCUT2D eigenvalue weighted by Crippen LogP contribution is -2.45. The van der Waals surface area contributed by atoms with E-state index in [4.69, 9.17) is 4.74 Å². The molecule has 2 aromatic rings. The summed E-state index contributed by atoms with van der Waals surface area (Å²) in [5.41, 5.74) is 3.46. The lowest BCUT2D eigenvalue weighted by atomic mass is 10.1. The SMILES string of the molecule is Cc1ccc(CN(C[C@H]2CCCN2C)C(=O)NCc2ccc(OCC(C)C)cc2)cc1. The summed E-state index contributed by atoms with van der Waals surface area (Å²) in [5, 5.41) is 3.12. The summed E-state index contributed by atoms with van der Waals surface area (Å²) in [7, 11) is 2.16. The van der Waals surface area contributed by atoms with Gasteiger partial charge in [0, 0.05) is 25.7 Å². The topological polar surface area (TPSA) is 44.8 Å². The summed E-state index contributed by atoms with van der Waals surface area (Å²) < 4.78 is 5.75. The number of carbonyl (C=O) groups excluding carboxylic acids is 1. The molecule has 0 radical (unpaired) electrons. The number of hydrogen-bond acceptors (Lipinski definition) is 3. The van der Waals surface area contributed by atoms with Crippen LogP contribution >= 0.6 is 0 Å². The molecule has 0 saturated carbocycles. The van der Waals surface area contributed by atoms with Gasteiger partial charge in [0.05, 0.1) is 6.61 Å². The third-order valence-electron chi connectivity index (χ3n) is 5.83. The highest BCUT2D eigenvalue weighted by Crippen LogP contribution is 2.18. The highest BCUT2D eigenvalue weighted by molar-refractivity contribution is 5.74. The first kappa shape index (κ1) is 23.1. The zero-order chi connectivity index (χ0) is 22.2. The van der Waals surface area contributed by atoms with Crippen molar-refractivity contribution in [1.82, 2.24) is 15.1 Å². The largest absolute Gasteiger partial charge is 0.493 e. The molecule has 5 heteroatoms. The second kappa shape index (κ2) is 11.2. The van der Waals surface area contributed by atoms with Gasteiger partial charge in [-0.1, -0.05) is 55.8 Å². The molecule has 31 heavy (non-hydrogen) atoms. The fourth-order valence-electron chi connectivity index (χ4n) is 3.85. The van der Waals surface area contributed by atoms with E-state index >= 15 is 0 Å². The first-order chi connectivity index (χ1) is 14.9. The molecule has 0 unspecified atom stereocenters. The number of amides is 2. The van der Waals surface area contributed by atoms with Gasteiger partial charge in [0.1, 0.15) is 5.75 Å². The average Bonchev–Trinajstić information content (AvgIpc) is 3.16. The maximum Gasteiger partial charge on any atom is 0.318 e. The molecule has 1 fully saturated rings. The van der Waals surface area contributed by atoms with Gasteiger partial charge in [0.15, 0.2) is 0 Å². The second-order valence-corrected chi connectivity index (χ2v) is 9.15. The van der Waals surface area contributed by atoms with E-state index in [9.17, 15) is 4.79 Å². The van der Waals surface area contributed by atoms with E-state index in [1.807, 2.05) is 29.2 Å². The van der Waals surface area contributed by atoms with Gasteiger partial charge in [-0.15, -0.1) is 0 Å². The molecule has 1 aliphatic rings. The van der Waals surface area contributed by atoms with E-state index in [1.165, 1.54) is 12.0 Å². The number of benzene rings is 2. The van der Waals surface area contributed by atoms with E-state index < -0.39 is 0 Å². The highest BCUT2D eigenvalue weighted by Gasteiger charge is 2.25. The third kappa shape index (κ3) is 7.28. The van der Waals surface area contributed by atoms with Gasteiger partial charge in [-0.05, 0) is 62.5 Å². The first-order valence-electron chi connectivity index (χ1n) is 11.4. The van der Waals surface area contributed by atoms with E-state index in [2.05, 4.69) is 62.3 Å². The van der Waals surface area contributed by atoms with E-state index in [0.29, 0.717) is 31.7 Å². The molecule has 0 aliphatic carbocycles. The van der Waals surface area contributed by atoms with Gasteiger partial charge in [0.2, 0.25) is 0 Å². The molecule has 3 rings (SSSR count). The fraction of sp³-hybridized carbons (Fsp3) is 0.500. The minimum absolute atomic E-state index is 0.0130. The number of rotatable bonds is 9. The van der Waals surface area contributed by atoms with Gasteiger partial charge in [-0.3, -0.25) is 0 Å². The Morgan fingerprint density at radius 3 is 2.42 bits per heavy atom. The van der Waals surface area contributed by atoms with E-state index in [0.717, 1.165) is 36.4 Å². The van der Waals surface area contributed by atoms with Crippen molar-refractivity contribution in [2.24, 2.45) is 5.92 Å². The van der Waals surface area contributed by atoms with Crippen molar-refractivity contribution < 1.29 is 9.53 Å². The van der Waals surface area contributed by atoms with Crippen LogP contribution in [-0.2, 0) is 13.1 Å². The van der Waals surface area contributed by atoms with Crippen LogP contribution in [0.4, 0.5) is 4.79 Å². The number of ether oxygens (including phenoxy) is 1. The van der Waals surface area contributed by atoms with E-state index in [1.54, 1.807) is 0 Å². The molecule has 2 aromatic carbocycles. The van der Waals surface area contributed by atoms with Crippen molar-refractivity contribution >= 4 is 6.03 Å². The molecule has 2 amide bonds. The Kier molecular flexibility index (Phi) is 8.35. The van der Waals surface area contributed by atoms with Crippen LogP contribution in [0.15, 0.2) is 48.5 Å². The van der Waals surface area contributed by atoms with Crippen molar-refractivity contribution in [1.29, 1.82) is 0 Å². The number of nitrogens with zero attached hydrogens (tertiary/aromatic N) is 2. The maximum absolute atomic E-state index is 13.1. The summed E-state index contributed by atoms with van der Waals surface area (Å²) in [6.45, 7) is 10.0. The molecule has 168 valence electrons. The normalized spacial score (nSPS) is 16.5. The molecular formula is C26H37N3O2.